The van der Waals surface area contributed by atoms with Gasteiger partial charge in [-0.2, -0.15) is 0 Å². The zero-order valence-electron chi connectivity index (χ0n) is 15.7. The highest BCUT2D eigenvalue weighted by Gasteiger charge is 2.49. The van der Waals surface area contributed by atoms with E-state index in [1.807, 2.05) is 12.1 Å². The van der Waals surface area contributed by atoms with E-state index < -0.39 is 14.4 Å². The molecule has 0 aromatic heterocycles. The molecule has 0 aliphatic rings. The summed E-state index contributed by atoms with van der Waals surface area (Å²) < 4.78 is 6.63. The van der Waals surface area contributed by atoms with Gasteiger partial charge in [-0.15, -0.1) is 11.6 Å². The van der Waals surface area contributed by atoms with E-state index in [0.717, 1.165) is 0 Å². The summed E-state index contributed by atoms with van der Waals surface area (Å²) in [5, 5.41) is 11.9. The van der Waals surface area contributed by atoms with Crippen molar-refractivity contribution in [3.05, 3.63) is 60.7 Å². The molecule has 0 bridgehead atoms. The lowest BCUT2D eigenvalue weighted by molar-refractivity contribution is 0.204. The Morgan fingerprint density at radius 3 is 1.88 bits per heavy atom. The molecule has 0 fully saturated rings. The van der Waals surface area contributed by atoms with Crippen LogP contribution in [0.3, 0.4) is 0 Å². The van der Waals surface area contributed by atoms with Crippen molar-refractivity contribution in [3.8, 4) is 11.8 Å². The van der Waals surface area contributed by atoms with E-state index in [0.29, 0.717) is 13.0 Å². The predicted octanol–water partition coefficient (Wildman–Crippen LogP) is 3.56. The topological polar surface area (TPSA) is 29.5 Å². The number of alkyl halides is 1. The molecule has 0 saturated carbocycles. The fraction of sp³-hybridized carbons (Fsp3) is 0.364. The smallest absolute Gasteiger partial charge is 0.262 e. The highest BCUT2D eigenvalue weighted by Crippen LogP contribution is 2.36. The van der Waals surface area contributed by atoms with E-state index in [4.69, 9.17) is 16.0 Å². The monoisotopic (exact) mass is 386 g/mol. The van der Waals surface area contributed by atoms with Crippen LogP contribution in [0, 0.1) is 11.8 Å². The Hall–Kier alpha value is -1.57. The molecule has 0 spiro atoms. The second-order valence-corrected chi connectivity index (χ2v) is 11.9. The van der Waals surface area contributed by atoms with Crippen LogP contribution in [0.2, 0.25) is 5.04 Å². The molecular weight excluding hydrogens is 360 g/mol. The molecule has 0 aliphatic heterocycles. The van der Waals surface area contributed by atoms with E-state index in [-0.39, 0.29) is 10.9 Å². The number of aliphatic hydroxyl groups is 1. The summed E-state index contributed by atoms with van der Waals surface area (Å²) in [4.78, 5) is 0. The molecule has 0 saturated heterocycles. The van der Waals surface area contributed by atoms with Gasteiger partial charge in [0.15, 0.2) is 0 Å². The third kappa shape index (κ3) is 4.78. The molecule has 0 aliphatic carbocycles. The molecule has 1 N–H and O–H groups in total. The normalized spacial score (nSPS) is 13.0. The standard InChI is InChI=1S/C22H27ClO2Si/c1-22(2,3)26(20-13-6-4-7-14-20,21-15-8-5-9-16-21)25-17-11-10-12-19(24)18-23/h4-9,13-16,19,24H,12,17-18H2,1-3H3. The molecule has 138 valence electrons. The van der Waals surface area contributed by atoms with Gasteiger partial charge >= 0.3 is 0 Å². The van der Waals surface area contributed by atoms with E-state index in [1.54, 1.807) is 0 Å². The average Bonchev–Trinajstić information content (AvgIpc) is 2.65. The first-order valence-electron chi connectivity index (χ1n) is 8.86. The molecule has 2 nitrogen and oxygen atoms in total. The largest absolute Gasteiger partial charge is 0.396 e. The maximum atomic E-state index is 9.54. The first kappa shape index (κ1) is 20.7. The Bertz CT molecular complexity index is 690. The Morgan fingerprint density at radius 1 is 0.962 bits per heavy atom. The number of benzene rings is 2. The van der Waals surface area contributed by atoms with Gasteiger partial charge in [-0.1, -0.05) is 93.3 Å². The van der Waals surface area contributed by atoms with Crippen LogP contribution in [-0.2, 0) is 4.43 Å². The molecule has 0 amide bonds. The summed E-state index contributed by atoms with van der Waals surface area (Å²) in [6.45, 7) is 7.06. The SMILES string of the molecule is CC(C)(C)[Si](OCC#CCC(O)CCl)(c1ccccc1)c1ccccc1. The third-order valence-corrected chi connectivity index (χ3v) is 9.76. The van der Waals surface area contributed by atoms with Crippen LogP contribution < -0.4 is 10.4 Å². The van der Waals surface area contributed by atoms with E-state index >= 15 is 0 Å². The van der Waals surface area contributed by atoms with E-state index in [1.165, 1.54) is 10.4 Å². The molecule has 0 heterocycles. The quantitative estimate of drug-likeness (QED) is 0.467. The maximum Gasteiger partial charge on any atom is 0.262 e. The molecular formula is C22H27ClO2Si. The molecule has 2 aromatic carbocycles. The lowest BCUT2D eigenvalue weighted by Gasteiger charge is -2.42. The minimum atomic E-state index is -2.53. The Balaban J connectivity index is 2.41. The van der Waals surface area contributed by atoms with Crippen LogP contribution in [0.25, 0.3) is 0 Å². The van der Waals surface area contributed by atoms with Crippen molar-refractivity contribution in [2.24, 2.45) is 0 Å². The summed E-state index contributed by atoms with van der Waals surface area (Å²) in [6.07, 6.45) is -0.217. The molecule has 1 unspecified atom stereocenters. The van der Waals surface area contributed by atoms with Gasteiger partial charge in [-0.3, -0.25) is 0 Å². The van der Waals surface area contributed by atoms with Gasteiger partial charge in [0.1, 0.15) is 0 Å². The summed E-state index contributed by atoms with van der Waals surface area (Å²) in [6, 6.07) is 21.0. The van der Waals surface area contributed by atoms with Crippen LogP contribution in [-0.4, -0.2) is 32.0 Å². The zero-order valence-corrected chi connectivity index (χ0v) is 17.5. The zero-order chi connectivity index (χ0) is 19.0. The van der Waals surface area contributed by atoms with Gasteiger partial charge in [-0.25, -0.2) is 0 Å². The third-order valence-electron chi connectivity index (χ3n) is 4.42. The van der Waals surface area contributed by atoms with E-state index in [9.17, 15) is 5.11 Å². The van der Waals surface area contributed by atoms with Crippen molar-refractivity contribution in [2.75, 3.05) is 12.5 Å². The first-order chi connectivity index (χ1) is 12.4. The highest BCUT2D eigenvalue weighted by atomic mass is 35.5. The van der Waals surface area contributed by atoms with Crippen LogP contribution in [0.4, 0.5) is 0 Å². The molecule has 26 heavy (non-hydrogen) atoms. The fourth-order valence-electron chi connectivity index (χ4n) is 3.20. The number of hydrogen-bond donors (Lipinski definition) is 1. The van der Waals surface area contributed by atoms with Gasteiger partial charge < -0.3 is 9.53 Å². The lowest BCUT2D eigenvalue weighted by atomic mass is 10.2. The number of aliphatic hydroxyl groups excluding tert-OH is 1. The summed E-state index contributed by atoms with van der Waals surface area (Å²) in [7, 11) is -2.53. The minimum Gasteiger partial charge on any atom is -0.396 e. The molecule has 2 rings (SSSR count). The number of halogens is 1. The predicted molar refractivity (Wildman–Crippen MR) is 113 cm³/mol. The van der Waals surface area contributed by atoms with Crippen LogP contribution in [0.5, 0.6) is 0 Å². The van der Waals surface area contributed by atoms with Gasteiger partial charge in [0, 0.05) is 12.3 Å². The highest BCUT2D eigenvalue weighted by molar-refractivity contribution is 6.99. The first-order valence-corrected chi connectivity index (χ1v) is 11.3. The van der Waals surface area contributed by atoms with Gasteiger partial charge in [0.25, 0.3) is 8.32 Å². The van der Waals surface area contributed by atoms with Crippen molar-refractivity contribution in [3.63, 3.8) is 0 Å². The Labute approximate surface area is 163 Å². The van der Waals surface area contributed by atoms with Crippen molar-refractivity contribution < 1.29 is 9.53 Å². The summed E-state index contributed by atoms with van der Waals surface area (Å²) in [5.74, 6) is 6.24. The van der Waals surface area contributed by atoms with Crippen LogP contribution in [0.1, 0.15) is 27.2 Å². The van der Waals surface area contributed by atoms with Crippen molar-refractivity contribution in [2.45, 2.75) is 38.3 Å². The summed E-state index contributed by atoms with van der Waals surface area (Å²) in [5.41, 5.74) is 0. The van der Waals surface area contributed by atoms with Crippen molar-refractivity contribution >= 4 is 30.3 Å². The van der Waals surface area contributed by atoms with Crippen LogP contribution in [0.15, 0.2) is 60.7 Å². The average molecular weight is 387 g/mol. The van der Waals surface area contributed by atoms with Crippen molar-refractivity contribution in [1.29, 1.82) is 0 Å². The van der Waals surface area contributed by atoms with E-state index in [2.05, 4.69) is 81.1 Å². The van der Waals surface area contributed by atoms with Gasteiger partial charge in [-0.05, 0) is 15.4 Å². The second kappa shape index (κ2) is 9.39. The molecule has 2 aromatic rings. The lowest BCUT2D eigenvalue weighted by Crippen LogP contribution is -2.66. The van der Waals surface area contributed by atoms with Crippen LogP contribution >= 0.6 is 11.6 Å². The molecule has 1 atom stereocenters. The second-order valence-electron chi connectivity index (χ2n) is 7.32. The Morgan fingerprint density at radius 2 is 1.46 bits per heavy atom. The number of rotatable bonds is 6. The number of hydrogen-bond acceptors (Lipinski definition) is 2. The van der Waals surface area contributed by atoms with Crippen molar-refractivity contribution in [1.82, 2.24) is 0 Å². The molecule has 0 radical (unpaired) electrons. The fourth-order valence-corrected chi connectivity index (χ4v) is 7.75. The van der Waals surface area contributed by atoms with Gasteiger partial charge in [0.2, 0.25) is 0 Å². The minimum absolute atomic E-state index is 0.0625. The Kier molecular flexibility index (Phi) is 7.49. The maximum absolute atomic E-state index is 9.54. The molecule has 4 heteroatoms. The summed E-state index contributed by atoms with van der Waals surface area (Å²) >= 11 is 5.62. The van der Waals surface area contributed by atoms with Gasteiger partial charge in [0.05, 0.1) is 12.7 Å².